The molecule has 1 aromatic rings. The standard InChI is InChI=1S/C16H26N2O2S/c1-4-14-5-6-16(10-15(14)11-17)21(19,20)18-8-7-12(2)9-13(18)3/h5-6,10,12-13H,4,7-9,11,17H2,1-3H3. The van der Waals surface area contributed by atoms with Crippen LogP contribution in [-0.2, 0) is 23.0 Å². The van der Waals surface area contributed by atoms with Crippen molar-refractivity contribution in [1.82, 2.24) is 4.31 Å². The smallest absolute Gasteiger partial charge is 0.243 e. The predicted octanol–water partition coefficient (Wildman–Crippen LogP) is 2.52. The molecule has 1 heterocycles. The monoisotopic (exact) mass is 310 g/mol. The lowest BCUT2D eigenvalue weighted by Crippen LogP contribution is -2.44. The van der Waals surface area contributed by atoms with Crippen molar-refractivity contribution in [3.8, 4) is 0 Å². The highest BCUT2D eigenvalue weighted by atomic mass is 32.2. The molecule has 0 aromatic heterocycles. The quantitative estimate of drug-likeness (QED) is 0.929. The van der Waals surface area contributed by atoms with Gasteiger partial charge in [0.1, 0.15) is 0 Å². The molecule has 0 bridgehead atoms. The number of nitrogens with two attached hydrogens (primary N) is 1. The van der Waals surface area contributed by atoms with E-state index < -0.39 is 10.0 Å². The van der Waals surface area contributed by atoms with E-state index in [0.717, 1.165) is 30.4 Å². The molecule has 1 aliphatic heterocycles. The molecule has 2 unspecified atom stereocenters. The summed E-state index contributed by atoms with van der Waals surface area (Å²) >= 11 is 0. The molecule has 2 atom stereocenters. The third-order valence-corrected chi connectivity index (χ3v) is 6.47. The van der Waals surface area contributed by atoms with Crippen molar-refractivity contribution < 1.29 is 8.42 Å². The Kier molecular flexibility index (Phi) is 5.07. The fourth-order valence-corrected chi connectivity index (χ4v) is 4.88. The molecule has 5 heteroatoms. The Morgan fingerprint density at radius 2 is 2.00 bits per heavy atom. The van der Waals surface area contributed by atoms with E-state index in [-0.39, 0.29) is 6.04 Å². The summed E-state index contributed by atoms with van der Waals surface area (Å²) in [5.41, 5.74) is 7.80. The molecule has 118 valence electrons. The lowest BCUT2D eigenvalue weighted by molar-refractivity contribution is 0.220. The maximum Gasteiger partial charge on any atom is 0.243 e. The molecule has 1 fully saturated rings. The van der Waals surface area contributed by atoms with E-state index in [4.69, 9.17) is 5.73 Å². The van der Waals surface area contributed by atoms with Gasteiger partial charge in [-0.2, -0.15) is 4.31 Å². The topological polar surface area (TPSA) is 63.4 Å². The normalized spacial score (nSPS) is 24.2. The van der Waals surface area contributed by atoms with Crippen LogP contribution in [0, 0.1) is 5.92 Å². The average molecular weight is 310 g/mol. The summed E-state index contributed by atoms with van der Waals surface area (Å²) < 4.78 is 27.4. The van der Waals surface area contributed by atoms with Crippen molar-refractivity contribution in [2.45, 2.75) is 57.5 Å². The lowest BCUT2D eigenvalue weighted by atomic mass is 9.95. The Labute approximate surface area is 128 Å². The number of piperidine rings is 1. The number of hydrogen-bond donors (Lipinski definition) is 1. The predicted molar refractivity (Wildman–Crippen MR) is 85.5 cm³/mol. The summed E-state index contributed by atoms with van der Waals surface area (Å²) in [5, 5.41) is 0. The largest absolute Gasteiger partial charge is 0.326 e. The molecular formula is C16H26N2O2S. The summed E-state index contributed by atoms with van der Waals surface area (Å²) in [4.78, 5) is 0.376. The van der Waals surface area contributed by atoms with Crippen molar-refractivity contribution in [3.05, 3.63) is 29.3 Å². The van der Waals surface area contributed by atoms with Gasteiger partial charge in [0, 0.05) is 19.1 Å². The minimum Gasteiger partial charge on any atom is -0.326 e. The van der Waals surface area contributed by atoms with Gasteiger partial charge in [-0.3, -0.25) is 0 Å². The van der Waals surface area contributed by atoms with Crippen molar-refractivity contribution in [2.75, 3.05) is 6.54 Å². The van der Waals surface area contributed by atoms with Gasteiger partial charge < -0.3 is 5.73 Å². The first-order chi connectivity index (χ1) is 9.90. The first kappa shape index (κ1) is 16.5. The Bertz CT molecular complexity index is 598. The third-order valence-electron chi connectivity index (χ3n) is 4.46. The van der Waals surface area contributed by atoms with Crippen LogP contribution in [0.5, 0.6) is 0 Å². The number of benzene rings is 1. The summed E-state index contributed by atoms with van der Waals surface area (Å²) in [7, 11) is -3.41. The van der Waals surface area contributed by atoms with Gasteiger partial charge >= 0.3 is 0 Å². The fraction of sp³-hybridized carbons (Fsp3) is 0.625. The van der Waals surface area contributed by atoms with E-state index in [2.05, 4.69) is 13.8 Å². The van der Waals surface area contributed by atoms with Crippen molar-refractivity contribution in [1.29, 1.82) is 0 Å². The van der Waals surface area contributed by atoms with E-state index in [0.29, 0.717) is 23.9 Å². The highest BCUT2D eigenvalue weighted by Gasteiger charge is 2.33. The van der Waals surface area contributed by atoms with Crippen LogP contribution in [0.3, 0.4) is 0 Å². The van der Waals surface area contributed by atoms with Crippen molar-refractivity contribution in [3.63, 3.8) is 0 Å². The molecule has 1 aromatic carbocycles. The Balaban J connectivity index is 2.35. The zero-order valence-corrected chi connectivity index (χ0v) is 14.0. The molecule has 0 aliphatic carbocycles. The van der Waals surface area contributed by atoms with Gasteiger partial charge in [-0.1, -0.05) is 19.9 Å². The van der Waals surface area contributed by atoms with Gasteiger partial charge in [0.05, 0.1) is 4.90 Å². The van der Waals surface area contributed by atoms with Gasteiger partial charge in [0.25, 0.3) is 0 Å². The zero-order chi connectivity index (χ0) is 15.6. The Morgan fingerprint density at radius 3 is 2.57 bits per heavy atom. The van der Waals surface area contributed by atoms with Crippen LogP contribution in [-0.4, -0.2) is 25.3 Å². The van der Waals surface area contributed by atoms with Gasteiger partial charge in [-0.25, -0.2) is 8.42 Å². The first-order valence-electron chi connectivity index (χ1n) is 7.73. The second kappa shape index (κ2) is 6.46. The molecule has 0 saturated carbocycles. The number of rotatable bonds is 4. The molecule has 0 spiro atoms. The van der Waals surface area contributed by atoms with E-state index >= 15 is 0 Å². The minimum absolute atomic E-state index is 0.0610. The Morgan fingerprint density at radius 1 is 1.29 bits per heavy atom. The summed E-state index contributed by atoms with van der Waals surface area (Å²) in [6, 6.07) is 5.43. The van der Waals surface area contributed by atoms with Crippen LogP contribution >= 0.6 is 0 Å². The van der Waals surface area contributed by atoms with Crippen LogP contribution in [0.15, 0.2) is 23.1 Å². The molecule has 1 saturated heterocycles. The van der Waals surface area contributed by atoms with Crippen molar-refractivity contribution >= 4 is 10.0 Å². The third kappa shape index (κ3) is 3.30. The lowest BCUT2D eigenvalue weighted by Gasteiger charge is -2.35. The second-order valence-corrected chi connectivity index (χ2v) is 7.97. The van der Waals surface area contributed by atoms with E-state index in [9.17, 15) is 8.42 Å². The number of hydrogen-bond acceptors (Lipinski definition) is 3. The van der Waals surface area contributed by atoms with Gasteiger partial charge in [-0.15, -0.1) is 0 Å². The number of aryl methyl sites for hydroxylation is 1. The number of nitrogens with zero attached hydrogens (tertiary/aromatic N) is 1. The first-order valence-corrected chi connectivity index (χ1v) is 9.17. The molecule has 2 rings (SSSR count). The van der Waals surface area contributed by atoms with Gasteiger partial charge in [-0.05, 0) is 55.4 Å². The van der Waals surface area contributed by atoms with E-state index in [1.54, 1.807) is 16.4 Å². The van der Waals surface area contributed by atoms with Crippen LogP contribution in [0.25, 0.3) is 0 Å². The maximum absolute atomic E-state index is 12.9. The van der Waals surface area contributed by atoms with Crippen LogP contribution in [0.2, 0.25) is 0 Å². The van der Waals surface area contributed by atoms with Crippen LogP contribution in [0.1, 0.15) is 44.7 Å². The molecular weight excluding hydrogens is 284 g/mol. The van der Waals surface area contributed by atoms with Crippen LogP contribution < -0.4 is 5.73 Å². The highest BCUT2D eigenvalue weighted by molar-refractivity contribution is 7.89. The van der Waals surface area contributed by atoms with Crippen molar-refractivity contribution in [2.24, 2.45) is 11.7 Å². The molecule has 2 N–H and O–H groups in total. The molecule has 0 amide bonds. The average Bonchev–Trinajstić information content (AvgIpc) is 2.46. The SMILES string of the molecule is CCc1ccc(S(=O)(=O)N2CCC(C)CC2C)cc1CN. The van der Waals surface area contributed by atoms with Crippen LogP contribution in [0.4, 0.5) is 0 Å². The zero-order valence-electron chi connectivity index (χ0n) is 13.2. The van der Waals surface area contributed by atoms with E-state index in [1.165, 1.54) is 0 Å². The molecule has 0 radical (unpaired) electrons. The van der Waals surface area contributed by atoms with Gasteiger partial charge in [0.2, 0.25) is 10.0 Å². The summed E-state index contributed by atoms with van der Waals surface area (Å²) in [6.45, 7) is 7.22. The minimum atomic E-state index is -3.41. The summed E-state index contributed by atoms with van der Waals surface area (Å²) in [6.07, 6.45) is 2.72. The Hall–Kier alpha value is -0.910. The second-order valence-electron chi connectivity index (χ2n) is 6.08. The number of sulfonamides is 1. The van der Waals surface area contributed by atoms with E-state index in [1.807, 2.05) is 13.0 Å². The van der Waals surface area contributed by atoms with Gasteiger partial charge in [0.15, 0.2) is 0 Å². The summed E-state index contributed by atoms with van der Waals surface area (Å²) in [5.74, 6) is 0.591. The fourth-order valence-electron chi connectivity index (χ4n) is 3.18. The molecule has 21 heavy (non-hydrogen) atoms. The maximum atomic E-state index is 12.9. The molecule has 1 aliphatic rings. The molecule has 4 nitrogen and oxygen atoms in total. The highest BCUT2D eigenvalue weighted by Crippen LogP contribution is 2.29.